The highest BCUT2D eigenvalue weighted by Crippen LogP contribution is 2.57. The summed E-state index contributed by atoms with van der Waals surface area (Å²) in [6, 6.07) is 0. The van der Waals surface area contributed by atoms with E-state index < -0.39 is 26.5 Å². The summed E-state index contributed by atoms with van der Waals surface area (Å²) in [5.41, 5.74) is 17.2. The first-order valence-corrected chi connectivity index (χ1v) is 17.9. The number of hydrogen-bond donors (Lipinski definition) is 3. The SMILES string of the molecule is NC1=C(C(=O)OP(OC(=O)C2=C(N)SSS2)OC(=O)C2=C(N)SSS2)SSS1. The highest BCUT2D eigenvalue weighted by molar-refractivity contribution is 9.12. The first-order chi connectivity index (χ1) is 13.4. The predicted molar refractivity (Wildman–Crippen MR) is 127 cm³/mol. The smallest absolute Gasteiger partial charge is 0.392 e. The van der Waals surface area contributed by atoms with E-state index in [9.17, 15) is 14.4 Å². The monoisotopic (exact) mass is 571 g/mol. The maximum atomic E-state index is 12.3. The van der Waals surface area contributed by atoms with Crippen LogP contribution in [0.4, 0.5) is 0 Å². The summed E-state index contributed by atoms with van der Waals surface area (Å²) in [6.45, 7) is 0. The van der Waals surface area contributed by atoms with Gasteiger partial charge in [-0.1, -0.05) is 0 Å². The highest BCUT2D eigenvalue weighted by Gasteiger charge is 2.36. The molecule has 3 rings (SSSR count). The van der Waals surface area contributed by atoms with Crippen LogP contribution in [0.2, 0.25) is 0 Å². The van der Waals surface area contributed by atoms with Crippen LogP contribution in [-0.4, -0.2) is 17.9 Å². The second-order valence-corrected chi connectivity index (χ2v) is 17.0. The summed E-state index contributed by atoms with van der Waals surface area (Å²) < 4.78 is 15.4. The molecule has 3 heterocycles. The molecule has 0 saturated carbocycles. The first-order valence-electron chi connectivity index (χ1n) is 6.36. The number of nitrogens with two attached hydrogens (primary N) is 3. The lowest BCUT2D eigenvalue weighted by atomic mass is 10.6. The third-order valence-corrected chi connectivity index (χ3v) is 15.0. The Morgan fingerprint density at radius 2 is 0.857 bits per heavy atom. The third kappa shape index (κ3) is 5.85. The zero-order valence-corrected chi connectivity index (χ0v) is 21.0. The molecule has 0 aromatic rings. The average Bonchev–Trinajstić information content (AvgIpc) is 3.35. The quantitative estimate of drug-likeness (QED) is 0.305. The molecule has 0 aromatic carbocycles. The molecule has 0 saturated heterocycles. The Morgan fingerprint density at radius 1 is 0.571 bits per heavy atom. The molecule has 28 heavy (non-hydrogen) atoms. The lowest BCUT2D eigenvalue weighted by Crippen LogP contribution is -2.14. The molecule has 3 aliphatic rings. The van der Waals surface area contributed by atoms with Gasteiger partial charge in [0, 0.05) is 0 Å². The van der Waals surface area contributed by atoms with Gasteiger partial charge in [-0.2, -0.15) is 0 Å². The fourth-order valence-corrected chi connectivity index (χ4v) is 14.0. The number of hydrogen-bond acceptors (Lipinski definition) is 18. The molecule has 0 radical (unpaired) electrons. The molecule has 3 aliphatic heterocycles. The van der Waals surface area contributed by atoms with E-state index in [1.54, 1.807) is 0 Å². The molecular formula is C9H6N3O6PS9. The Morgan fingerprint density at radius 3 is 1.07 bits per heavy atom. The van der Waals surface area contributed by atoms with E-state index in [4.69, 9.17) is 30.8 Å². The zero-order valence-electron chi connectivity index (χ0n) is 12.8. The van der Waals surface area contributed by atoms with Gasteiger partial charge in [-0.25, -0.2) is 14.4 Å². The van der Waals surface area contributed by atoms with Gasteiger partial charge in [-0.3, -0.25) is 0 Å². The highest BCUT2D eigenvalue weighted by atomic mass is 33.5. The summed E-state index contributed by atoms with van der Waals surface area (Å²) in [5, 5.41) is 0.763. The Balaban J connectivity index is 1.73. The fourth-order valence-electron chi connectivity index (χ4n) is 1.29. The maximum Gasteiger partial charge on any atom is 0.537 e. The number of rotatable bonds is 6. The van der Waals surface area contributed by atoms with E-state index in [2.05, 4.69) is 0 Å². The molecule has 19 heteroatoms. The van der Waals surface area contributed by atoms with E-state index in [0.29, 0.717) is 0 Å². The zero-order chi connectivity index (χ0) is 20.3. The summed E-state index contributed by atoms with van der Waals surface area (Å²) in [4.78, 5) is 37.4. The van der Waals surface area contributed by atoms with Crippen molar-refractivity contribution in [3.8, 4) is 0 Å². The normalized spacial score (nSPS) is 19.6. The average molecular weight is 572 g/mol. The van der Waals surface area contributed by atoms with Crippen molar-refractivity contribution in [2.24, 2.45) is 17.2 Å². The van der Waals surface area contributed by atoms with E-state index in [1.807, 2.05) is 0 Å². The molecule has 0 fully saturated rings. The van der Waals surface area contributed by atoms with E-state index in [-0.39, 0.29) is 29.8 Å². The molecule has 0 bridgehead atoms. The van der Waals surface area contributed by atoms with Crippen LogP contribution in [0, 0.1) is 0 Å². The van der Waals surface area contributed by atoms with Crippen molar-refractivity contribution in [3.05, 3.63) is 29.8 Å². The molecule has 0 unspecified atom stereocenters. The second-order valence-electron chi connectivity index (χ2n) is 4.14. The standard InChI is InChI=1S/C9H6N3O6PS9/c10-4-1(20-26-23-4)7(13)16-19(17-8(14)2-5(11)24-27-21-2)18-9(15)3-6(12)25-28-22-3/h10-12H2. The van der Waals surface area contributed by atoms with E-state index in [1.165, 1.54) is 61.9 Å². The molecule has 152 valence electrons. The molecular weight excluding hydrogens is 566 g/mol. The van der Waals surface area contributed by atoms with Gasteiger partial charge in [-0.15, -0.1) is 0 Å². The molecule has 6 N–H and O–H groups in total. The van der Waals surface area contributed by atoms with Crippen LogP contribution in [0.25, 0.3) is 0 Å². The molecule has 0 amide bonds. The van der Waals surface area contributed by atoms with Gasteiger partial charge in [0.15, 0.2) is 0 Å². The summed E-state index contributed by atoms with van der Waals surface area (Å²) >= 11 is 0. The lowest BCUT2D eigenvalue weighted by Gasteiger charge is -2.15. The molecule has 0 aromatic heterocycles. The minimum atomic E-state index is -2.70. The van der Waals surface area contributed by atoms with Crippen molar-refractivity contribution in [3.63, 3.8) is 0 Å². The Bertz CT molecular complexity index is 715. The van der Waals surface area contributed by atoms with Crippen molar-refractivity contribution in [1.29, 1.82) is 0 Å². The van der Waals surface area contributed by atoms with Gasteiger partial charge in [-0.05, 0) is 94.2 Å². The molecule has 9 nitrogen and oxygen atoms in total. The van der Waals surface area contributed by atoms with Crippen LogP contribution in [0.1, 0.15) is 0 Å². The van der Waals surface area contributed by atoms with Gasteiger partial charge in [0.1, 0.15) is 14.7 Å². The number of carbonyl (C=O) groups is 3. The maximum absolute atomic E-state index is 12.3. The van der Waals surface area contributed by atoms with Crippen LogP contribution in [0.15, 0.2) is 29.8 Å². The third-order valence-electron chi connectivity index (χ3n) is 2.42. The Hall–Kier alpha value is 0.610. The van der Waals surface area contributed by atoms with Crippen molar-refractivity contribution in [2.45, 2.75) is 0 Å². The van der Waals surface area contributed by atoms with Crippen LogP contribution in [0.5, 0.6) is 0 Å². The van der Waals surface area contributed by atoms with Gasteiger partial charge in [0.25, 0.3) is 0 Å². The molecule has 0 aliphatic carbocycles. The predicted octanol–water partition coefficient (Wildman–Crippen LogP) is 4.36. The fraction of sp³-hybridized carbons (Fsp3) is 0. The van der Waals surface area contributed by atoms with Gasteiger partial charge >= 0.3 is 26.5 Å². The van der Waals surface area contributed by atoms with Crippen LogP contribution < -0.4 is 17.2 Å². The summed E-state index contributed by atoms with van der Waals surface area (Å²) in [6.07, 6.45) is 0. The van der Waals surface area contributed by atoms with Crippen molar-refractivity contribution >= 4 is 121 Å². The second kappa shape index (κ2) is 10.8. The van der Waals surface area contributed by atoms with Crippen molar-refractivity contribution < 1.29 is 28.0 Å². The van der Waals surface area contributed by atoms with Crippen LogP contribution >= 0.6 is 103 Å². The van der Waals surface area contributed by atoms with Crippen molar-refractivity contribution in [2.75, 3.05) is 0 Å². The minimum Gasteiger partial charge on any atom is -0.392 e. The topological polar surface area (TPSA) is 157 Å². The van der Waals surface area contributed by atoms with E-state index >= 15 is 0 Å². The Kier molecular flexibility index (Phi) is 8.95. The lowest BCUT2D eigenvalue weighted by molar-refractivity contribution is -0.136. The van der Waals surface area contributed by atoms with Gasteiger partial charge in [0.2, 0.25) is 0 Å². The molecule has 0 atom stereocenters. The van der Waals surface area contributed by atoms with Crippen LogP contribution in [-0.2, 0) is 28.0 Å². The minimum absolute atomic E-state index is 0.134. The summed E-state index contributed by atoms with van der Waals surface area (Å²) in [7, 11) is 8.00. The first kappa shape index (κ1) is 23.3. The van der Waals surface area contributed by atoms with E-state index in [0.717, 1.165) is 32.4 Å². The van der Waals surface area contributed by atoms with Gasteiger partial charge in [0.05, 0.1) is 15.1 Å². The summed E-state index contributed by atoms with van der Waals surface area (Å²) in [5.74, 6) is -2.58. The van der Waals surface area contributed by atoms with Crippen molar-refractivity contribution in [1.82, 2.24) is 0 Å². The van der Waals surface area contributed by atoms with Crippen LogP contribution in [0.3, 0.4) is 0 Å². The Labute approximate surface area is 194 Å². The molecule has 0 spiro atoms. The number of carbonyl (C=O) groups excluding carboxylic acids is 3. The largest absolute Gasteiger partial charge is 0.537 e. The van der Waals surface area contributed by atoms with Gasteiger partial charge < -0.3 is 30.8 Å².